The first kappa shape index (κ1) is 19.6. The van der Waals surface area contributed by atoms with E-state index in [9.17, 15) is 4.79 Å². The van der Waals surface area contributed by atoms with Gasteiger partial charge in [-0.3, -0.25) is 4.79 Å². The molecule has 1 atom stereocenters. The van der Waals surface area contributed by atoms with E-state index in [0.717, 1.165) is 11.4 Å². The molecule has 0 saturated carbocycles. The van der Waals surface area contributed by atoms with Crippen LogP contribution < -0.4 is 10.6 Å². The van der Waals surface area contributed by atoms with Crippen LogP contribution in [0.4, 0.5) is 0 Å². The molecule has 0 saturated heterocycles. The summed E-state index contributed by atoms with van der Waals surface area (Å²) in [6, 6.07) is 2.09. The van der Waals surface area contributed by atoms with Crippen molar-refractivity contribution in [2.24, 2.45) is 0 Å². The van der Waals surface area contributed by atoms with Gasteiger partial charge in [0.05, 0.1) is 0 Å². The Balaban J connectivity index is 0.00000200. The highest BCUT2D eigenvalue weighted by Crippen LogP contribution is 2.05. The van der Waals surface area contributed by atoms with E-state index in [4.69, 9.17) is 0 Å². The number of nitrogens with zero attached hydrogens (tertiary/aromatic N) is 4. The van der Waals surface area contributed by atoms with Crippen LogP contribution in [0.3, 0.4) is 0 Å². The van der Waals surface area contributed by atoms with Crippen LogP contribution in [0.2, 0.25) is 0 Å². The van der Waals surface area contributed by atoms with E-state index in [1.165, 1.54) is 0 Å². The van der Waals surface area contributed by atoms with E-state index in [1.807, 2.05) is 33.9 Å². The van der Waals surface area contributed by atoms with Gasteiger partial charge in [0, 0.05) is 24.0 Å². The average molecular weight is 335 g/mol. The zero-order valence-electron chi connectivity index (χ0n) is 12.4. The molecule has 118 valence electrons. The Kier molecular flexibility index (Phi) is 7.56. The molecule has 2 aromatic heterocycles. The minimum atomic E-state index is -0.287. The number of aromatic nitrogens is 4. The molecule has 2 N–H and O–H groups in total. The summed E-state index contributed by atoms with van der Waals surface area (Å²) in [4.78, 5) is 20.3. The highest BCUT2D eigenvalue weighted by atomic mass is 35.5. The number of carbonyl (C=O) groups is 1. The van der Waals surface area contributed by atoms with Crippen LogP contribution in [0.15, 0.2) is 6.07 Å². The van der Waals surface area contributed by atoms with Gasteiger partial charge in [-0.15, -0.1) is 29.9 Å². The van der Waals surface area contributed by atoms with Gasteiger partial charge < -0.3 is 10.6 Å². The van der Waals surface area contributed by atoms with E-state index >= 15 is 0 Å². The van der Waals surface area contributed by atoms with Crippen molar-refractivity contribution in [1.82, 2.24) is 30.2 Å². The zero-order chi connectivity index (χ0) is 14.0. The molecule has 0 radical (unpaired) electrons. The van der Waals surface area contributed by atoms with Gasteiger partial charge in [-0.1, -0.05) is 0 Å². The van der Waals surface area contributed by atoms with E-state index in [0.29, 0.717) is 12.3 Å². The van der Waals surface area contributed by atoms with E-state index in [2.05, 4.69) is 25.7 Å². The van der Waals surface area contributed by atoms with Crippen molar-refractivity contribution in [1.29, 1.82) is 0 Å². The second kappa shape index (κ2) is 8.11. The molecule has 0 aliphatic rings. The lowest BCUT2D eigenvalue weighted by Gasteiger charge is -2.09. The second-order valence-corrected chi connectivity index (χ2v) is 4.59. The molecule has 0 aromatic carbocycles. The van der Waals surface area contributed by atoms with Crippen LogP contribution in [0.5, 0.6) is 0 Å². The van der Waals surface area contributed by atoms with Crippen molar-refractivity contribution in [3.63, 3.8) is 0 Å². The van der Waals surface area contributed by atoms with Crippen molar-refractivity contribution >= 4 is 36.5 Å². The summed E-state index contributed by atoms with van der Waals surface area (Å²) in [5.41, 5.74) is 1.76. The third-order valence-corrected chi connectivity index (χ3v) is 2.88. The highest BCUT2D eigenvalue weighted by molar-refractivity contribution is 5.90. The van der Waals surface area contributed by atoms with Gasteiger partial charge in [0.25, 0.3) is 11.7 Å². The van der Waals surface area contributed by atoms with Crippen LogP contribution in [0, 0.1) is 13.8 Å². The lowest BCUT2D eigenvalue weighted by Crippen LogP contribution is -2.37. The van der Waals surface area contributed by atoms with E-state index in [-0.39, 0.29) is 42.6 Å². The number of carbonyl (C=O) groups excluding carboxylic acids is 1. The third-order valence-electron chi connectivity index (χ3n) is 2.88. The van der Waals surface area contributed by atoms with Crippen molar-refractivity contribution in [3.8, 4) is 0 Å². The van der Waals surface area contributed by atoms with Gasteiger partial charge in [-0.05, 0) is 33.9 Å². The van der Waals surface area contributed by atoms with Crippen molar-refractivity contribution in [2.45, 2.75) is 26.8 Å². The molecule has 0 spiro atoms. The molecule has 0 fully saturated rings. The smallest absolute Gasteiger partial charge is 0.291 e. The Morgan fingerprint density at radius 3 is 2.62 bits per heavy atom. The zero-order valence-corrected chi connectivity index (χ0v) is 14.0. The Morgan fingerprint density at radius 2 is 2.00 bits per heavy atom. The van der Waals surface area contributed by atoms with Crippen LogP contribution in [0.1, 0.15) is 28.9 Å². The average Bonchev–Trinajstić information content (AvgIpc) is 2.79. The Hall–Kier alpha value is -1.44. The Morgan fingerprint density at radius 1 is 1.33 bits per heavy atom. The van der Waals surface area contributed by atoms with Crippen molar-refractivity contribution in [3.05, 3.63) is 23.3 Å². The van der Waals surface area contributed by atoms with Gasteiger partial charge in [0.1, 0.15) is 0 Å². The van der Waals surface area contributed by atoms with Gasteiger partial charge in [0.2, 0.25) is 5.82 Å². The number of hydrogen-bond donors (Lipinski definition) is 2. The predicted octanol–water partition coefficient (Wildman–Crippen LogP) is 0.922. The molecular weight excluding hydrogens is 315 g/mol. The lowest BCUT2D eigenvalue weighted by atomic mass is 10.3. The molecule has 9 heteroatoms. The highest BCUT2D eigenvalue weighted by Gasteiger charge is 2.15. The first-order chi connectivity index (χ1) is 9.01. The number of nitrogens with one attached hydrogen (secondary N) is 2. The second-order valence-electron chi connectivity index (χ2n) is 4.59. The fourth-order valence-corrected chi connectivity index (χ4v) is 1.69. The Labute approximate surface area is 135 Å². The molecule has 2 aromatic rings. The molecule has 0 bridgehead atoms. The molecule has 1 unspecified atom stereocenters. The SMILES string of the molecule is CNC(C)CNC(=O)c1nc2nc(C)cc(C)n2n1.Cl.Cl. The minimum Gasteiger partial charge on any atom is -0.348 e. The van der Waals surface area contributed by atoms with Crippen LogP contribution in [0.25, 0.3) is 5.78 Å². The third kappa shape index (κ3) is 4.52. The summed E-state index contributed by atoms with van der Waals surface area (Å²) < 4.78 is 1.57. The maximum atomic E-state index is 11.9. The number of amides is 1. The van der Waals surface area contributed by atoms with Gasteiger partial charge >= 0.3 is 0 Å². The number of aryl methyl sites for hydroxylation is 2. The maximum absolute atomic E-state index is 11.9. The topological polar surface area (TPSA) is 84.2 Å². The van der Waals surface area contributed by atoms with Crippen LogP contribution in [-0.4, -0.2) is 45.1 Å². The standard InChI is InChI=1S/C12H18N6O.2ClH/c1-7-5-9(3)18-12(15-7)16-10(17-18)11(19)14-6-8(2)13-4;;/h5,8,13H,6H2,1-4H3,(H,14,19);2*1H. The molecule has 0 aliphatic carbocycles. The van der Waals surface area contributed by atoms with E-state index < -0.39 is 0 Å². The van der Waals surface area contributed by atoms with Gasteiger partial charge in [0.15, 0.2) is 0 Å². The molecule has 7 nitrogen and oxygen atoms in total. The maximum Gasteiger partial charge on any atom is 0.291 e. The molecule has 2 heterocycles. The molecule has 2 rings (SSSR count). The molecule has 21 heavy (non-hydrogen) atoms. The summed E-state index contributed by atoms with van der Waals surface area (Å²) in [5, 5.41) is 9.99. The lowest BCUT2D eigenvalue weighted by molar-refractivity contribution is 0.0940. The van der Waals surface area contributed by atoms with Crippen molar-refractivity contribution in [2.75, 3.05) is 13.6 Å². The number of rotatable bonds is 4. The number of hydrogen-bond acceptors (Lipinski definition) is 5. The van der Waals surface area contributed by atoms with Crippen LogP contribution >= 0.6 is 24.8 Å². The summed E-state index contributed by atoms with van der Waals surface area (Å²) in [5.74, 6) is 0.304. The Bertz CT molecular complexity index is 615. The van der Waals surface area contributed by atoms with Crippen LogP contribution in [-0.2, 0) is 0 Å². The molecule has 0 aliphatic heterocycles. The first-order valence-corrected chi connectivity index (χ1v) is 6.17. The summed E-state index contributed by atoms with van der Waals surface area (Å²) >= 11 is 0. The molecular formula is C12H20Cl2N6O. The number of fused-ring (bicyclic) bond motifs is 1. The van der Waals surface area contributed by atoms with Gasteiger partial charge in [-0.25, -0.2) is 9.50 Å². The summed E-state index contributed by atoms with van der Waals surface area (Å²) in [7, 11) is 1.84. The monoisotopic (exact) mass is 334 g/mol. The summed E-state index contributed by atoms with van der Waals surface area (Å²) in [6.45, 7) is 6.29. The van der Waals surface area contributed by atoms with Gasteiger partial charge in [-0.2, -0.15) is 4.98 Å². The van der Waals surface area contributed by atoms with E-state index in [1.54, 1.807) is 4.52 Å². The normalized spacial score (nSPS) is 11.4. The predicted molar refractivity (Wildman–Crippen MR) is 85.6 cm³/mol. The minimum absolute atomic E-state index is 0. The number of halogens is 2. The fraction of sp³-hybridized carbons (Fsp3) is 0.500. The van der Waals surface area contributed by atoms with Crippen molar-refractivity contribution < 1.29 is 4.79 Å². The largest absolute Gasteiger partial charge is 0.348 e. The first-order valence-electron chi connectivity index (χ1n) is 6.17. The fourth-order valence-electron chi connectivity index (χ4n) is 1.69. The number of likely N-dealkylation sites (N-methyl/N-ethyl adjacent to an activating group) is 1. The summed E-state index contributed by atoms with van der Waals surface area (Å²) in [6.07, 6.45) is 0. The quantitative estimate of drug-likeness (QED) is 0.868. The molecule has 1 amide bonds.